The van der Waals surface area contributed by atoms with E-state index in [9.17, 15) is 0 Å². The third-order valence-electron chi connectivity index (χ3n) is 3.13. The second kappa shape index (κ2) is 5.65. The highest BCUT2D eigenvalue weighted by molar-refractivity contribution is 7.09. The predicted molar refractivity (Wildman–Crippen MR) is 72.8 cm³/mol. The van der Waals surface area contributed by atoms with Crippen molar-refractivity contribution < 1.29 is 4.74 Å². The molecule has 0 amide bonds. The van der Waals surface area contributed by atoms with Crippen LogP contribution in [-0.2, 0) is 11.2 Å². The van der Waals surface area contributed by atoms with Crippen LogP contribution in [0.3, 0.4) is 0 Å². The Hall–Kier alpha value is -1.17. The fourth-order valence-electron chi connectivity index (χ4n) is 2.13. The molecule has 4 nitrogen and oxygen atoms in total. The molecule has 2 aromatic rings. The van der Waals surface area contributed by atoms with Gasteiger partial charge >= 0.3 is 0 Å². The predicted octanol–water partition coefficient (Wildman–Crippen LogP) is 2.06. The first-order valence-corrected chi connectivity index (χ1v) is 7.19. The Morgan fingerprint density at radius 1 is 1.50 bits per heavy atom. The Bertz CT molecular complexity index is 474. The van der Waals surface area contributed by atoms with Crippen molar-refractivity contribution in [1.82, 2.24) is 15.3 Å². The molecule has 0 saturated carbocycles. The van der Waals surface area contributed by atoms with Gasteiger partial charge in [-0.2, -0.15) is 0 Å². The van der Waals surface area contributed by atoms with E-state index >= 15 is 0 Å². The van der Waals surface area contributed by atoms with Crippen LogP contribution in [0, 0.1) is 0 Å². The lowest BCUT2D eigenvalue weighted by atomic mass is 10.2. The van der Waals surface area contributed by atoms with Gasteiger partial charge in [0.2, 0.25) is 0 Å². The molecule has 0 aliphatic carbocycles. The minimum atomic E-state index is 0.346. The third-order valence-corrected chi connectivity index (χ3v) is 4.04. The normalized spacial score (nSPS) is 20.1. The summed E-state index contributed by atoms with van der Waals surface area (Å²) in [4.78, 5) is 7.72. The number of nitrogens with zero attached hydrogens (tertiary/aromatic N) is 1. The van der Waals surface area contributed by atoms with Crippen molar-refractivity contribution in [2.24, 2.45) is 0 Å². The van der Waals surface area contributed by atoms with E-state index in [1.54, 1.807) is 11.3 Å². The van der Waals surface area contributed by atoms with Gasteiger partial charge in [0.1, 0.15) is 0 Å². The summed E-state index contributed by atoms with van der Waals surface area (Å²) >= 11 is 1.74. The SMILES string of the molecule is c1cc(-c2csc(CCC3CNCCO3)n2)c[nH]1. The number of hydrogen-bond donors (Lipinski definition) is 2. The van der Waals surface area contributed by atoms with Gasteiger partial charge in [-0.15, -0.1) is 11.3 Å². The maximum absolute atomic E-state index is 5.69. The molecule has 2 aromatic heterocycles. The number of thiazole rings is 1. The summed E-state index contributed by atoms with van der Waals surface area (Å²) in [7, 11) is 0. The molecule has 1 saturated heterocycles. The van der Waals surface area contributed by atoms with Crippen LogP contribution in [0.2, 0.25) is 0 Å². The standard InChI is InChI=1S/C13H17N3OS/c1(11-8-15-5-6-17-11)2-13-16-12(9-18-13)10-3-4-14-7-10/h3-4,7,9,11,14-15H,1-2,5-6,8H2. The lowest BCUT2D eigenvalue weighted by Gasteiger charge is -2.23. The molecule has 3 heterocycles. The van der Waals surface area contributed by atoms with E-state index in [1.165, 1.54) is 5.01 Å². The smallest absolute Gasteiger partial charge is 0.0933 e. The number of aromatic amines is 1. The molecule has 5 heteroatoms. The molecule has 3 rings (SSSR count). The van der Waals surface area contributed by atoms with Gasteiger partial charge in [-0.25, -0.2) is 4.98 Å². The van der Waals surface area contributed by atoms with Crippen LogP contribution in [0.25, 0.3) is 11.3 Å². The van der Waals surface area contributed by atoms with Crippen molar-refractivity contribution in [3.8, 4) is 11.3 Å². The quantitative estimate of drug-likeness (QED) is 0.887. The van der Waals surface area contributed by atoms with Crippen LogP contribution >= 0.6 is 11.3 Å². The Morgan fingerprint density at radius 3 is 3.28 bits per heavy atom. The lowest BCUT2D eigenvalue weighted by Crippen LogP contribution is -2.38. The van der Waals surface area contributed by atoms with Crippen LogP contribution in [0.1, 0.15) is 11.4 Å². The first kappa shape index (κ1) is 11.9. The van der Waals surface area contributed by atoms with Gasteiger partial charge in [0, 0.05) is 42.8 Å². The van der Waals surface area contributed by atoms with Gasteiger partial charge in [0.05, 0.1) is 23.4 Å². The molecular formula is C13H17N3OS. The van der Waals surface area contributed by atoms with E-state index in [2.05, 4.69) is 20.7 Å². The van der Waals surface area contributed by atoms with Gasteiger partial charge < -0.3 is 15.0 Å². The maximum Gasteiger partial charge on any atom is 0.0933 e. The minimum Gasteiger partial charge on any atom is -0.376 e. The molecular weight excluding hydrogens is 246 g/mol. The monoisotopic (exact) mass is 263 g/mol. The summed E-state index contributed by atoms with van der Waals surface area (Å²) in [5, 5.41) is 6.67. The van der Waals surface area contributed by atoms with Crippen LogP contribution in [0.15, 0.2) is 23.8 Å². The number of aromatic nitrogens is 2. The maximum atomic E-state index is 5.69. The molecule has 96 valence electrons. The van der Waals surface area contributed by atoms with Crippen LogP contribution in [-0.4, -0.2) is 35.8 Å². The first-order chi connectivity index (χ1) is 8.92. The molecule has 1 aliphatic rings. The van der Waals surface area contributed by atoms with E-state index in [0.717, 1.165) is 43.8 Å². The number of H-pyrrole nitrogens is 1. The second-order valence-corrected chi connectivity index (χ2v) is 5.40. The molecule has 2 N–H and O–H groups in total. The van der Waals surface area contributed by atoms with E-state index in [0.29, 0.717) is 6.10 Å². The molecule has 0 radical (unpaired) electrons. The molecule has 0 spiro atoms. The van der Waals surface area contributed by atoms with Crippen LogP contribution in [0.4, 0.5) is 0 Å². The lowest BCUT2D eigenvalue weighted by molar-refractivity contribution is 0.0238. The highest BCUT2D eigenvalue weighted by Gasteiger charge is 2.14. The van der Waals surface area contributed by atoms with Crippen LogP contribution < -0.4 is 5.32 Å². The van der Waals surface area contributed by atoms with E-state index in [4.69, 9.17) is 4.74 Å². The number of hydrogen-bond acceptors (Lipinski definition) is 4. The number of ether oxygens (including phenoxy) is 1. The fraction of sp³-hybridized carbons (Fsp3) is 0.462. The van der Waals surface area contributed by atoms with Crippen molar-refractivity contribution >= 4 is 11.3 Å². The summed E-state index contributed by atoms with van der Waals surface area (Å²) in [5.41, 5.74) is 2.23. The highest BCUT2D eigenvalue weighted by Crippen LogP contribution is 2.22. The van der Waals surface area contributed by atoms with Crippen molar-refractivity contribution in [2.75, 3.05) is 19.7 Å². The van der Waals surface area contributed by atoms with Gasteiger partial charge in [0.25, 0.3) is 0 Å². The average molecular weight is 263 g/mol. The van der Waals surface area contributed by atoms with Crippen LogP contribution in [0.5, 0.6) is 0 Å². The Balaban J connectivity index is 1.57. The largest absolute Gasteiger partial charge is 0.376 e. The Morgan fingerprint density at radius 2 is 2.50 bits per heavy atom. The molecule has 1 fully saturated rings. The second-order valence-electron chi connectivity index (χ2n) is 4.46. The average Bonchev–Trinajstić information content (AvgIpc) is 3.08. The summed E-state index contributed by atoms with van der Waals surface area (Å²) in [6, 6.07) is 2.05. The summed E-state index contributed by atoms with van der Waals surface area (Å²) in [5.74, 6) is 0. The molecule has 1 atom stereocenters. The third kappa shape index (κ3) is 2.80. The zero-order valence-electron chi connectivity index (χ0n) is 10.2. The topological polar surface area (TPSA) is 49.9 Å². The molecule has 0 bridgehead atoms. The Kier molecular flexibility index (Phi) is 3.73. The van der Waals surface area contributed by atoms with Gasteiger partial charge in [0.15, 0.2) is 0 Å². The zero-order valence-corrected chi connectivity index (χ0v) is 11.0. The number of nitrogens with one attached hydrogen (secondary N) is 2. The number of rotatable bonds is 4. The number of morpholine rings is 1. The summed E-state index contributed by atoms with van der Waals surface area (Å²) in [6.07, 6.45) is 6.30. The molecule has 0 aromatic carbocycles. The summed E-state index contributed by atoms with van der Waals surface area (Å²) < 4.78 is 5.69. The van der Waals surface area contributed by atoms with Crippen molar-refractivity contribution in [1.29, 1.82) is 0 Å². The molecule has 1 aliphatic heterocycles. The van der Waals surface area contributed by atoms with Crippen molar-refractivity contribution in [2.45, 2.75) is 18.9 Å². The van der Waals surface area contributed by atoms with Crippen molar-refractivity contribution in [3.05, 3.63) is 28.8 Å². The van der Waals surface area contributed by atoms with E-state index < -0.39 is 0 Å². The molecule has 18 heavy (non-hydrogen) atoms. The van der Waals surface area contributed by atoms with E-state index in [-0.39, 0.29) is 0 Å². The van der Waals surface area contributed by atoms with Gasteiger partial charge in [-0.1, -0.05) is 0 Å². The Labute approximate surface area is 110 Å². The van der Waals surface area contributed by atoms with Crippen molar-refractivity contribution in [3.63, 3.8) is 0 Å². The minimum absolute atomic E-state index is 0.346. The molecule has 1 unspecified atom stereocenters. The highest BCUT2D eigenvalue weighted by atomic mass is 32.1. The van der Waals surface area contributed by atoms with Gasteiger partial charge in [-0.3, -0.25) is 0 Å². The fourth-order valence-corrected chi connectivity index (χ4v) is 2.95. The van der Waals surface area contributed by atoms with Gasteiger partial charge in [-0.05, 0) is 12.5 Å². The number of aryl methyl sites for hydroxylation is 1. The van der Waals surface area contributed by atoms with E-state index in [1.807, 2.05) is 18.5 Å². The zero-order chi connectivity index (χ0) is 12.2. The summed E-state index contributed by atoms with van der Waals surface area (Å²) in [6.45, 7) is 2.78. The first-order valence-electron chi connectivity index (χ1n) is 6.32.